The summed E-state index contributed by atoms with van der Waals surface area (Å²) in [5, 5.41) is 3.77. The van der Waals surface area contributed by atoms with Crippen molar-refractivity contribution >= 4 is 35.0 Å². The fraction of sp³-hybridized carbons (Fsp3) is 0.462. The van der Waals surface area contributed by atoms with Crippen LogP contribution in [-0.4, -0.2) is 35.4 Å². The molecule has 0 aromatic heterocycles. The lowest BCUT2D eigenvalue weighted by atomic mass is 9.87. The first kappa shape index (κ1) is 27.0. The summed E-state index contributed by atoms with van der Waals surface area (Å²) in [5.74, 6) is 0.0857. The van der Waals surface area contributed by atoms with Gasteiger partial charge < -0.3 is 15.0 Å². The Morgan fingerprint density at radius 1 is 1.03 bits per heavy atom. The number of halogens is 2. The molecule has 33 heavy (non-hydrogen) atoms. The monoisotopic (exact) mass is 492 g/mol. The van der Waals surface area contributed by atoms with E-state index in [1.807, 2.05) is 38.1 Å². The van der Waals surface area contributed by atoms with Crippen molar-refractivity contribution < 1.29 is 14.3 Å². The van der Waals surface area contributed by atoms with Crippen molar-refractivity contribution in [3.8, 4) is 5.75 Å². The normalized spacial score (nSPS) is 13.2. The van der Waals surface area contributed by atoms with Gasteiger partial charge in [0.1, 0.15) is 11.8 Å². The molecule has 2 amide bonds. The highest BCUT2D eigenvalue weighted by atomic mass is 35.5. The minimum Gasteiger partial charge on any atom is -0.484 e. The van der Waals surface area contributed by atoms with Gasteiger partial charge in [-0.25, -0.2) is 0 Å². The number of ether oxygens (including phenoxy) is 1. The van der Waals surface area contributed by atoms with Gasteiger partial charge in [-0.15, -0.1) is 0 Å². The zero-order valence-corrected chi connectivity index (χ0v) is 21.8. The molecule has 180 valence electrons. The molecule has 0 saturated heterocycles. The number of rotatable bonds is 9. The Morgan fingerprint density at radius 2 is 1.67 bits per heavy atom. The molecule has 0 unspecified atom stereocenters. The SMILES string of the molecule is CC[C@H](C)NC(=O)[C@H](C)N(Cc1ccc(Cl)c(Cl)c1)C(=O)COc1ccc(C(C)(C)C)cc1. The molecule has 0 aliphatic heterocycles. The first-order valence-electron chi connectivity index (χ1n) is 11.2. The standard InChI is InChI=1S/C26H34Cl2N2O3/c1-7-17(2)29-25(32)18(3)30(15-19-8-13-22(27)23(28)14-19)24(31)16-33-21-11-9-20(10-12-21)26(4,5)6/h8-14,17-18H,7,15-16H2,1-6H3,(H,29,32)/t17-,18-/m0/s1. The van der Waals surface area contributed by atoms with Crippen molar-refractivity contribution in [2.75, 3.05) is 6.61 Å². The summed E-state index contributed by atoms with van der Waals surface area (Å²) < 4.78 is 5.76. The van der Waals surface area contributed by atoms with Gasteiger partial charge in [0.15, 0.2) is 6.61 Å². The second kappa shape index (κ2) is 11.8. The fourth-order valence-electron chi connectivity index (χ4n) is 3.16. The average Bonchev–Trinajstić information content (AvgIpc) is 2.77. The molecule has 0 aliphatic rings. The molecule has 7 heteroatoms. The maximum atomic E-state index is 13.2. The van der Waals surface area contributed by atoms with E-state index in [4.69, 9.17) is 27.9 Å². The number of carbonyl (C=O) groups is 2. The number of nitrogens with one attached hydrogen (secondary N) is 1. The van der Waals surface area contributed by atoms with Crippen LogP contribution in [0.15, 0.2) is 42.5 Å². The quantitative estimate of drug-likeness (QED) is 0.466. The molecule has 0 fully saturated rings. The van der Waals surface area contributed by atoms with Crippen LogP contribution in [0, 0.1) is 0 Å². The van der Waals surface area contributed by atoms with Crippen molar-refractivity contribution in [1.29, 1.82) is 0 Å². The number of hydrogen-bond acceptors (Lipinski definition) is 3. The summed E-state index contributed by atoms with van der Waals surface area (Å²) in [5.41, 5.74) is 1.98. The number of carbonyl (C=O) groups excluding carboxylic acids is 2. The first-order valence-corrected chi connectivity index (χ1v) is 11.9. The zero-order valence-electron chi connectivity index (χ0n) is 20.2. The van der Waals surface area contributed by atoms with Gasteiger partial charge in [0, 0.05) is 12.6 Å². The van der Waals surface area contributed by atoms with Crippen LogP contribution in [0.1, 0.15) is 59.1 Å². The lowest BCUT2D eigenvalue weighted by Gasteiger charge is -2.29. The third-order valence-corrected chi connectivity index (χ3v) is 6.33. The van der Waals surface area contributed by atoms with Crippen LogP contribution in [0.2, 0.25) is 10.0 Å². The van der Waals surface area contributed by atoms with Crippen molar-refractivity contribution in [2.24, 2.45) is 0 Å². The molecule has 0 aliphatic carbocycles. The second-order valence-electron chi connectivity index (χ2n) is 9.33. The summed E-state index contributed by atoms with van der Waals surface area (Å²) in [7, 11) is 0. The van der Waals surface area contributed by atoms with Gasteiger partial charge in [-0.2, -0.15) is 0 Å². The Labute approximate surface area is 207 Å². The van der Waals surface area contributed by atoms with Gasteiger partial charge in [0.2, 0.25) is 5.91 Å². The molecule has 2 rings (SSSR count). The highest BCUT2D eigenvalue weighted by Gasteiger charge is 2.27. The highest BCUT2D eigenvalue weighted by molar-refractivity contribution is 6.42. The van der Waals surface area contributed by atoms with Crippen LogP contribution in [0.4, 0.5) is 0 Å². The van der Waals surface area contributed by atoms with Crippen LogP contribution in [-0.2, 0) is 21.5 Å². The van der Waals surface area contributed by atoms with Crippen LogP contribution < -0.4 is 10.1 Å². The van der Waals surface area contributed by atoms with E-state index in [2.05, 4.69) is 26.1 Å². The van der Waals surface area contributed by atoms with E-state index in [1.54, 1.807) is 25.1 Å². The van der Waals surface area contributed by atoms with Crippen molar-refractivity contribution in [2.45, 2.75) is 72.0 Å². The van der Waals surface area contributed by atoms with Gasteiger partial charge in [-0.3, -0.25) is 9.59 Å². The molecular formula is C26H34Cl2N2O3. The molecule has 5 nitrogen and oxygen atoms in total. The molecule has 0 bridgehead atoms. The smallest absolute Gasteiger partial charge is 0.261 e. The van der Waals surface area contributed by atoms with Crippen LogP contribution in [0.3, 0.4) is 0 Å². The third kappa shape index (κ3) is 7.94. The molecule has 2 aromatic carbocycles. The molecule has 2 atom stereocenters. The van der Waals surface area contributed by atoms with E-state index in [0.717, 1.165) is 12.0 Å². The Morgan fingerprint density at radius 3 is 2.21 bits per heavy atom. The van der Waals surface area contributed by atoms with E-state index in [9.17, 15) is 9.59 Å². The van der Waals surface area contributed by atoms with Crippen LogP contribution >= 0.6 is 23.2 Å². The maximum Gasteiger partial charge on any atom is 0.261 e. The summed E-state index contributed by atoms with van der Waals surface area (Å²) in [4.78, 5) is 27.4. The minimum atomic E-state index is -0.687. The molecule has 2 aromatic rings. The Balaban J connectivity index is 2.17. The highest BCUT2D eigenvalue weighted by Crippen LogP contribution is 2.25. The van der Waals surface area contributed by atoms with E-state index in [1.165, 1.54) is 10.5 Å². The lowest BCUT2D eigenvalue weighted by molar-refractivity contribution is -0.142. The molecular weight excluding hydrogens is 459 g/mol. The van der Waals surface area contributed by atoms with Crippen LogP contribution in [0.5, 0.6) is 5.75 Å². The predicted molar refractivity (Wildman–Crippen MR) is 135 cm³/mol. The van der Waals surface area contributed by atoms with Gasteiger partial charge in [-0.1, -0.05) is 69.1 Å². The Hall–Kier alpha value is -2.24. The van der Waals surface area contributed by atoms with Gasteiger partial charge >= 0.3 is 0 Å². The first-order chi connectivity index (χ1) is 15.4. The summed E-state index contributed by atoms with van der Waals surface area (Å²) >= 11 is 12.2. The van der Waals surface area contributed by atoms with E-state index in [-0.39, 0.29) is 36.4 Å². The molecule has 0 saturated carbocycles. The average molecular weight is 493 g/mol. The van der Waals surface area contributed by atoms with Crippen molar-refractivity contribution in [1.82, 2.24) is 10.2 Å². The zero-order chi connectivity index (χ0) is 24.8. The second-order valence-corrected chi connectivity index (χ2v) is 10.1. The minimum absolute atomic E-state index is 0.0134. The fourth-order valence-corrected chi connectivity index (χ4v) is 3.48. The van der Waals surface area contributed by atoms with E-state index >= 15 is 0 Å². The summed E-state index contributed by atoms with van der Waals surface area (Å²) in [6, 6.07) is 12.2. The van der Waals surface area contributed by atoms with E-state index < -0.39 is 6.04 Å². The number of hydrogen-bond donors (Lipinski definition) is 1. The maximum absolute atomic E-state index is 13.2. The Kier molecular flexibility index (Phi) is 9.62. The molecule has 1 N–H and O–H groups in total. The Bertz CT molecular complexity index is 955. The van der Waals surface area contributed by atoms with Crippen molar-refractivity contribution in [3.05, 3.63) is 63.6 Å². The van der Waals surface area contributed by atoms with Gasteiger partial charge in [-0.05, 0) is 61.1 Å². The van der Waals surface area contributed by atoms with Gasteiger partial charge in [0.25, 0.3) is 5.91 Å². The number of nitrogens with zero attached hydrogens (tertiary/aromatic N) is 1. The largest absolute Gasteiger partial charge is 0.484 e. The number of benzene rings is 2. The van der Waals surface area contributed by atoms with E-state index in [0.29, 0.717) is 15.8 Å². The van der Waals surface area contributed by atoms with Gasteiger partial charge in [0.05, 0.1) is 10.0 Å². The lowest BCUT2D eigenvalue weighted by Crippen LogP contribution is -2.50. The topological polar surface area (TPSA) is 58.6 Å². The molecule has 0 heterocycles. The third-order valence-electron chi connectivity index (χ3n) is 5.59. The number of amides is 2. The predicted octanol–water partition coefficient (Wildman–Crippen LogP) is 6.00. The van der Waals surface area contributed by atoms with Crippen molar-refractivity contribution in [3.63, 3.8) is 0 Å². The summed E-state index contributed by atoms with van der Waals surface area (Å²) in [6.07, 6.45) is 0.798. The summed E-state index contributed by atoms with van der Waals surface area (Å²) in [6.45, 7) is 12.1. The van der Waals surface area contributed by atoms with Crippen LogP contribution in [0.25, 0.3) is 0 Å². The molecule has 0 spiro atoms. The molecule has 0 radical (unpaired) electrons.